The minimum atomic E-state index is -0.911. The second-order valence-electron chi connectivity index (χ2n) is 26.7. The molecular weight excluding hydrogens is 985 g/mol. The van der Waals surface area contributed by atoms with Crippen molar-refractivity contribution < 1.29 is 86.1 Å². The Hall–Kier alpha value is -1.69. The first-order valence-corrected chi connectivity index (χ1v) is 29.7. The summed E-state index contributed by atoms with van der Waals surface area (Å²) in [5.41, 5.74) is 2.16. The molecule has 422 valence electrons. The third-order valence-electron chi connectivity index (χ3n) is 21.4. The fourth-order valence-electron chi connectivity index (χ4n) is 17.8. The molecule has 0 radical (unpaired) electrons. The predicted molar refractivity (Wildman–Crippen MR) is 263 cm³/mol. The number of ether oxygens (including phenoxy) is 15. The van der Waals surface area contributed by atoms with E-state index in [1.807, 2.05) is 0 Å². The van der Waals surface area contributed by atoms with Crippen LogP contribution in [-0.4, -0.2) is 187 Å². The highest BCUT2D eigenvalue weighted by molar-refractivity contribution is 5.70. The largest absolute Gasteiger partial charge is 0.459 e. The third kappa shape index (κ3) is 8.56. The zero-order valence-electron chi connectivity index (χ0n) is 44.7. The smallest absolute Gasteiger partial charge is 0.308 e. The van der Waals surface area contributed by atoms with Gasteiger partial charge in [0.05, 0.1) is 117 Å². The molecule has 16 aliphatic heterocycles. The molecule has 0 aromatic carbocycles. The molecule has 0 aromatic rings. The first-order valence-electron chi connectivity index (χ1n) is 29.7. The van der Waals surface area contributed by atoms with Crippen molar-refractivity contribution in [2.24, 2.45) is 23.7 Å². The fourth-order valence-corrected chi connectivity index (χ4v) is 17.8. The maximum atomic E-state index is 14.5. The summed E-state index contributed by atoms with van der Waals surface area (Å²) in [6.07, 6.45) is 3.22. The lowest BCUT2D eigenvalue weighted by atomic mass is 9.78. The number of hydrogen-bond donors (Lipinski definition) is 2. The lowest BCUT2D eigenvalue weighted by Gasteiger charge is -2.54. The van der Waals surface area contributed by atoms with Gasteiger partial charge in [-0.3, -0.25) is 4.79 Å². The minimum Gasteiger partial charge on any atom is -0.459 e. The SMILES string of the molecule is C=C1CC2CCC34CC5OC6C(OC7CCC(CC(=O)OC8C(CC9OC(CCC1O2)CC(C)C9=C)OC1CC2OC9(CC2OC1C8C)CC1OC2(CC(C)C8OC(CO)C(O)CC8O2)CC(C)C1O9)OC7C6O3)C5O4. The van der Waals surface area contributed by atoms with Crippen LogP contribution in [-0.2, 0) is 75.8 Å². The molecule has 16 saturated heterocycles. The highest BCUT2D eigenvalue weighted by Gasteiger charge is 2.70. The number of carbonyl (C=O) groups is 1. The number of aliphatic hydroxyl groups is 2. The highest BCUT2D eigenvalue weighted by atomic mass is 16.8. The van der Waals surface area contributed by atoms with Crippen LogP contribution in [0.2, 0.25) is 0 Å². The normalized spacial score (nSPS) is 59.3. The Kier molecular flexibility index (Phi) is 12.8. The van der Waals surface area contributed by atoms with E-state index in [1.54, 1.807) is 0 Å². The van der Waals surface area contributed by atoms with E-state index in [-0.39, 0.29) is 146 Å². The molecule has 18 heteroatoms. The van der Waals surface area contributed by atoms with Crippen molar-refractivity contribution in [3.05, 3.63) is 24.3 Å². The van der Waals surface area contributed by atoms with Crippen molar-refractivity contribution in [1.82, 2.24) is 0 Å². The van der Waals surface area contributed by atoms with Crippen LogP contribution in [0, 0.1) is 23.7 Å². The molecule has 0 aliphatic carbocycles. The van der Waals surface area contributed by atoms with Gasteiger partial charge in [0, 0.05) is 63.7 Å². The molecule has 16 aliphatic rings. The standard InChI is InChI=1S/C58H82O18/c1-25-13-31-7-9-35-26(2)14-33(62-35)11-12-56-22-43-52(75-56)53-54(68-43)55(76-56)51-36(66-53)10-8-32(64-51)15-46(61)70-50-30(6)49-40(65-39(50)17-37(63-31)29(25)5)18-38-42(67-49)21-58(71-38)23-44-48(74-58)28(4)20-57(73-44)19-27(3)47-41(72-57)16-34(60)45(24-59)69-47/h25,27-28,30-45,47-55,59-60H,2,5,7-24H2,1,3-4,6H3. The average molecular weight is 1070 g/mol. The lowest BCUT2D eigenvalue weighted by Crippen LogP contribution is -2.62. The van der Waals surface area contributed by atoms with Gasteiger partial charge in [-0.2, -0.15) is 0 Å². The first-order chi connectivity index (χ1) is 36.6. The van der Waals surface area contributed by atoms with Gasteiger partial charge in [-0.05, 0) is 73.8 Å². The van der Waals surface area contributed by atoms with Crippen molar-refractivity contribution in [3.63, 3.8) is 0 Å². The number of esters is 1. The zero-order chi connectivity index (χ0) is 51.7. The Bertz CT molecular complexity index is 2270. The maximum Gasteiger partial charge on any atom is 0.308 e. The highest BCUT2D eigenvalue weighted by Crippen LogP contribution is 2.58. The van der Waals surface area contributed by atoms with E-state index >= 15 is 0 Å². The molecule has 16 fully saturated rings. The number of aliphatic hydroxyl groups excluding tert-OH is 2. The van der Waals surface area contributed by atoms with Crippen LogP contribution in [0.15, 0.2) is 24.3 Å². The van der Waals surface area contributed by atoms with Crippen LogP contribution >= 0.6 is 0 Å². The number of hydrogen-bond acceptors (Lipinski definition) is 18. The van der Waals surface area contributed by atoms with Crippen LogP contribution in [0.4, 0.5) is 0 Å². The minimum absolute atomic E-state index is 0.0127. The summed E-state index contributed by atoms with van der Waals surface area (Å²) in [7, 11) is 0. The van der Waals surface area contributed by atoms with Crippen molar-refractivity contribution >= 4 is 5.97 Å². The molecule has 76 heavy (non-hydrogen) atoms. The predicted octanol–water partition coefficient (Wildman–Crippen LogP) is 5.17. The summed E-state index contributed by atoms with van der Waals surface area (Å²) >= 11 is 0. The van der Waals surface area contributed by atoms with E-state index in [4.69, 9.17) is 71.1 Å². The third-order valence-corrected chi connectivity index (χ3v) is 21.4. The van der Waals surface area contributed by atoms with E-state index in [0.29, 0.717) is 64.2 Å². The Balaban J connectivity index is 0.669. The number of fused-ring (bicyclic) bond motifs is 10. The summed E-state index contributed by atoms with van der Waals surface area (Å²) in [6, 6.07) is 0. The second-order valence-corrected chi connectivity index (χ2v) is 26.7. The summed E-state index contributed by atoms with van der Waals surface area (Å²) in [4.78, 5) is 14.5. The summed E-state index contributed by atoms with van der Waals surface area (Å²) < 4.78 is 103. The Labute approximate surface area is 446 Å². The van der Waals surface area contributed by atoms with Crippen LogP contribution in [0.5, 0.6) is 0 Å². The molecule has 0 saturated carbocycles. The van der Waals surface area contributed by atoms with Crippen LogP contribution in [0.25, 0.3) is 0 Å². The zero-order valence-corrected chi connectivity index (χ0v) is 44.7. The van der Waals surface area contributed by atoms with Crippen LogP contribution in [0.3, 0.4) is 0 Å². The van der Waals surface area contributed by atoms with E-state index in [0.717, 1.165) is 49.7 Å². The molecule has 31 atom stereocenters. The Morgan fingerprint density at radius 3 is 2.01 bits per heavy atom. The molecule has 18 nitrogen and oxygen atoms in total. The first kappa shape index (κ1) is 51.2. The molecule has 3 spiro atoms. The van der Waals surface area contributed by atoms with Crippen molar-refractivity contribution in [2.75, 3.05) is 6.61 Å². The lowest BCUT2D eigenvalue weighted by molar-refractivity contribution is -0.371. The number of carbonyl (C=O) groups excluding carboxylic acids is 1. The van der Waals surface area contributed by atoms with E-state index < -0.39 is 60.1 Å². The summed E-state index contributed by atoms with van der Waals surface area (Å²) in [5, 5.41) is 20.6. The Morgan fingerprint density at radius 1 is 0.487 bits per heavy atom. The van der Waals surface area contributed by atoms with Crippen molar-refractivity contribution in [1.29, 1.82) is 0 Å². The Morgan fingerprint density at radius 2 is 1.16 bits per heavy atom. The van der Waals surface area contributed by atoms with Gasteiger partial charge in [0.25, 0.3) is 0 Å². The van der Waals surface area contributed by atoms with Gasteiger partial charge in [0.15, 0.2) is 17.4 Å². The average Bonchev–Trinajstić information content (AvgIpc) is 4.36. The molecular formula is C58H82O18. The molecule has 16 heterocycles. The van der Waals surface area contributed by atoms with Gasteiger partial charge in [0.1, 0.15) is 42.7 Å². The van der Waals surface area contributed by atoms with Gasteiger partial charge >= 0.3 is 5.97 Å². The molecule has 0 aromatic heterocycles. The van der Waals surface area contributed by atoms with Gasteiger partial charge in [0.2, 0.25) is 0 Å². The molecule has 31 unspecified atom stereocenters. The van der Waals surface area contributed by atoms with Crippen molar-refractivity contribution in [3.8, 4) is 0 Å². The van der Waals surface area contributed by atoms with Gasteiger partial charge in [-0.1, -0.05) is 40.9 Å². The summed E-state index contributed by atoms with van der Waals surface area (Å²) in [5.74, 6) is -2.71. The molecule has 12 bridgehead atoms. The van der Waals surface area contributed by atoms with Crippen LogP contribution in [0.1, 0.15) is 137 Å². The number of rotatable bonds is 1. The van der Waals surface area contributed by atoms with E-state index in [1.165, 1.54) is 0 Å². The van der Waals surface area contributed by atoms with Crippen molar-refractivity contribution in [2.45, 2.75) is 301 Å². The fraction of sp³-hybridized carbons (Fsp3) is 0.914. The summed E-state index contributed by atoms with van der Waals surface area (Å²) in [6.45, 7) is 17.6. The second kappa shape index (κ2) is 18.9. The molecule has 2 N–H and O–H groups in total. The topological polar surface area (TPSA) is 196 Å². The quantitative estimate of drug-likeness (QED) is 0.258. The van der Waals surface area contributed by atoms with Gasteiger partial charge < -0.3 is 81.3 Å². The molecule has 0 amide bonds. The maximum absolute atomic E-state index is 14.5. The van der Waals surface area contributed by atoms with E-state index in [9.17, 15) is 15.0 Å². The van der Waals surface area contributed by atoms with E-state index in [2.05, 4.69) is 40.9 Å². The van der Waals surface area contributed by atoms with Gasteiger partial charge in [-0.25, -0.2) is 0 Å². The van der Waals surface area contributed by atoms with Crippen LogP contribution < -0.4 is 0 Å². The van der Waals surface area contributed by atoms with Gasteiger partial charge in [-0.15, -0.1) is 0 Å². The molecule has 16 rings (SSSR count). The monoisotopic (exact) mass is 1070 g/mol.